The lowest BCUT2D eigenvalue weighted by Crippen LogP contribution is -2.62. The molecular weight excluding hydrogens is 336 g/mol. The molecule has 7 nitrogen and oxygen atoms in total. The number of morpholine rings is 1. The molecule has 4 atom stereocenters. The Kier molecular flexibility index (Phi) is 4.87. The van der Waals surface area contributed by atoms with Crippen LogP contribution in [-0.4, -0.2) is 55.5 Å². The van der Waals surface area contributed by atoms with Gasteiger partial charge in [-0.1, -0.05) is 30.3 Å². The lowest BCUT2D eigenvalue weighted by Gasteiger charge is -2.38. The predicted molar refractivity (Wildman–Crippen MR) is 82.7 cm³/mol. The summed E-state index contributed by atoms with van der Waals surface area (Å²) in [5.74, 6) is -0.674. The molecule has 2 heterocycles. The van der Waals surface area contributed by atoms with Gasteiger partial charge in [0.05, 0.1) is 19.8 Å². The van der Waals surface area contributed by atoms with E-state index in [-0.39, 0.29) is 19.8 Å². The summed E-state index contributed by atoms with van der Waals surface area (Å²) < 4.78 is 37.8. The summed E-state index contributed by atoms with van der Waals surface area (Å²) in [7, 11) is 0. The van der Waals surface area contributed by atoms with Crippen molar-refractivity contribution in [3.63, 3.8) is 0 Å². The van der Waals surface area contributed by atoms with E-state index in [9.17, 15) is 18.4 Å². The first-order chi connectivity index (χ1) is 11.9. The number of cyclic esters (lactones) is 1. The molecule has 2 amide bonds. The number of benzene rings is 1. The summed E-state index contributed by atoms with van der Waals surface area (Å²) in [5, 5.41) is 3.09. The van der Waals surface area contributed by atoms with Crippen molar-refractivity contribution in [2.75, 3.05) is 19.8 Å². The number of hydrogen-bond donors (Lipinski definition) is 2. The van der Waals surface area contributed by atoms with Crippen molar-refractivity contribution in [3.8, 4) is 0 Å². The molecule has 3 rings (SSSR count). The summed E-state index contributed by atoms with van der Waals surface area (Å²) in [4.78, 5) is 24.4. The summed E-state index contributed by atoms with van der Waals surface area (Å²) in [5.41, 5.74) is 1.52. The highest BCUT2D eigenvalue weighted by molar-refractivity contribution is 5.89. The minimum absolute atomic E-state index is 0.110. The zero-order valence-corrected chi connectivity index (χ0v) is 13.6. The molecule has 2 saturated heterocycles. The smallest absolute Gasteiger partial charge is 0.407 e. The van der Waals surface area contributed by atoms with Gasteiger partial charge in [0, 0.05) is 0 Å². The Labute approximate surface area is 143 Å². The minimum atomic E-state index is -1.81. The van der Waals surface area contributed by atoms with Gasteiger partial charge in [-0.15, -0.1) is 5.01 Å². The maximum atomic E-state index is 13.9. The Morgan fingerprint density at radius 2 is 1.92 bits per heavy atom. The Morgan fingerprint density at radius 1 is 1.28 bits per heavy atom. The number of ether oxygens (including phenoxy) is 2. The number of alkyl halides is 2. The standard InChI is InChI=1S/C16H19F2N3O4/c1-16(10-5-3-2-4-6-10,11-7-19-15(23)25-11)14(22)20-21-12(17)8-24-9-13(21)18/h2-6,11-13H,7-9H2,1H3,(H,19,23)(H,20,22). The monoisotopic (exact) mass is 355 g/mol. The van der Waals surface area contributed by atoms with Crippen LogP contribution in [0.2, 0.25) is 0 Å². The number of carbonyl (C=O) groups is 2. The SMILES string of the molecule is CC(C(=O)NN1C(F)COCC1F)(c1ccccc1)C1CNC(=O)O1. The molecule has 0 radical (unpaired) electrons. The molecule has 2 N–H and O–H groups in total. The number of hydrogen-bond acceptors (Lipinski definition) is 5. The second-order valence-corrected chi connectivity index (χ2v) is 6.10. The molecule has 0 aliphatic carbocycles. The summed E-state index contributed by atoms with van der Waals surface area (Å²) in [6, 6.07) is 8.64. The summed E-state index contributed by atoms with van der Waals surface area (Å²) >= 11 is 0. The fraction of sp³-hybridized carbons (Fsp3) is 0.500. The second kappa shape index (κ2) is 6.93. The minimum Gasteiger partial charge on any atom is -0.443 e. The van der Waals surface area contributed by atoms with Gasteiger partial charge in [0.25, 0.3) is 0 Å². The van der Waals surface area contributed by atoms with Crippen LogP contribution in [0.3, 0.4) is 0 Å². The molecule has 0 saturated carbocycles. The molecule has 136 valence electrons. The van der Waals surface area contributed by atoms with Crippen molar-refractivity contribution < 1.29 is 27.8 Å². The van der Waals surface area contributed by atoms with Crippen molar-refractivity contribution in [1.82, 2.24) is 15.8 Å². The van der Waals surface area contributed by atoms with Crippen LogP contribution in [0.1, 0.15) is 12.5 Å². The number of halogens is 2. The van der Waals surface area contributed by atoms with Crippen LogP contribution in [0.5, 0.6) is 0 Å². The maximum Gasteiger partial charge on any atom is 0.407 e. The van der Waals surface area contributed by atoms with E-state index in [2.05, 4.69) is 10.7 Å². The molecule has 4 unspecified atom stereocenters. The number of rotatable bonds is 4. The highest BCUT2D eigenvalue weighted by Gasteiger charge is 2.49. The fourth-order valence-electron chi connectivity index (χ4n) is 2.93. The molecule has 0 spiro atoms. The number of amides is 2. The Bertz CT molecular complexity index is 638. The van der Waals surface area contributed by atoms with E-state index in [1.54, 1.807) is 37.3 Å². The van der Waals surface area contributed by atoms with E-state index in [1.165, 1.54) is 0 Å². The molecule has 25 heavy (non-hydrogen) atoms. The van der Waals surface area contributed by atoms with Gasteiger partial charge in [-0.2, -0.15) is 0 Å². The van der Waals surface area contributed by atoms with Crippen LogP contribution in [0, 0.1) is 0 Å². The van der Waals surface area contributed by atoms with Crippen LogP contribution in [0.4, 0.5) is 13.6 Å². The van der Waals surface area contributed by atoms with E-state index >= 15 is 0 Å². The number of carbonyl (C=O) groups excluding carboxylic acids is 2. The first-order valence-corrected chi connectivity index (χ1v) is 7.88. The zero-order valence-electron chi connectivity index (χ0n) is 13.6. The van der Waals surface area contributed by atoms with Gasteiger partial charge in [-0.25, -0.2) is 13.6 Å². The topological polar surface area (TPSA) is 79.9 Å². The fourth-order valence-corrected chi connectivity index (χ4v) is 2.93. The molecule has 1 aromatic carbocycles. The van der Waals surface area contributed by atoms with Crippen molar-refractivity contribution in [3.05, 3.63) is 35.9 Å². The normalized spacial score (nSPS) is 29.4. The van der Waals surface area contributed by atoms with Crippen molar-refractivity contribution in [2.24, 2.45) is 0 Å². The van der Waals surface area contributed by atoms with Crippen LogP contribution in [0.25, 0.3) is 0 Å². The molecule has 2 aliphatic rings. The van der Waals surface area contributed by atoms with Crippen molar-refractivity contribution >= 4 is 12.0 Å². The molecule has 2 fully saturated rings. The molecule has 2 aliphatic heterocycles. The van der Waals surface area contributed by atoms with Gasteiger partial charge < -0.3 is 14.8 Å². The zero-order chi connectivity index (χ0) is 18.0. The quantitative estimate of drug-likeness (QED) is 0.788. The van der Waals surface area contributed by atoms with Gasteiger partial charge in [0.1, 0.15) is 11.5 Å². The average molecular weight is 355 g/mol. The predicted octanol–water partition coefficient (Wildman–Crippen LogP) is 1.01. The maximum absolute atomic E-state index is 13.9. The number of nitrogens with zero attached hydrogens (tertiary/aromatic N) is 1. The van der Waals surface area contributed by atoms with E-state index in [0.717, 1.165) is 0 Å². The van der Waals surface area contributed by atoms with Gasteiger partial charge in [-0.3, -0.25) is 10.2 Å². The van der Waals surface area contributed by atoms with E-state index < -0.39 is 36.1 Å². The molecule has 0 bridgehead atoms. The first kappa shape index (κ1) is 17.6. The second-order valence-electron chi connectivity index (χ2n) is 6.10. The van der Waals surface area contributed by atoms with Gasteiger partial charge in [-0.05, 0) is 12.5 Å². The number of hydrazine groups is 1. The van der Waals surface area contributed by atoms with Crippen LogP contribution in [-0.2, 0) is 19.7 Å². The van der Waals surface area contributed by atoms with Crippen molar-refractivity contribution in [1.29, 1.82) is 0 Å². The first-order valence-electron chi connectivity index (χ1n) is 7.88. The average Bonchev–Trinajstić information content (AvgIpc) is 3.05. The van der Waals surface area contributed by atoms with Crippen LogP contribution >= 0.6 is 0 Å². The summed E-state index contributed by atoms with van der Waals surface area (Å²) in [6.07, 6.45) is -5.08. The Balaban J connectivity index is 1.88. The third-order valence-corrected chi connectivity index (χ3v) is 4.52. The summed E-state index contributed by atoms with van der Waals surface area (Å²) in [6.45, 7) is 0.994. The third kappa shape index (κ3) is 3.29. The molecule has 0 aromatic heterocycles. The lowest BCUT2D eigenvalue weighted by atomic mass is 9.76. The van der Waals surface area contributed by atoms with E-state index in [4.69, 9.17) is 9.47 Å². The van der Waals surface area contributed by atoms with Crippen LogP contribution in [0.15, 0.2) is 30.3 Å². The van der Waals surface area contributed by atoms with Gasteiger partial charge in [0.15, 0.2) is 12.6 Å². The largest absolute Gasteiger partial charge is 0.443 e. The highest BCUT2D eigenvalue weighted by Crippen LogP contribution is 2.32. The Morgan fingerprint density at radius 3 is 2.48 bits per heavy atom. The molecule has 9 heteroatoms. The van der Waals surface area contributed by atoms with E-state index in [0.29, 0.717) is 10.6 Å². The van der Waals surface area contributed by atoms with Gasteiger partial charge >= 0.3 is 6.09 Å². The van der Waals surface area contributed by atoms with Gasteiger partial charge in [0.2, 0.25) is 5.91 Å². The Hall–Kier alpha value is -2.26. The number of alkyl carbamates (subject to hydrolysis) is 1. The van der Waals surface area contributed by atoms with Crippen molar-refractivity contribution in [2.45, 2.75) is 31.0 Å². The number of nitrogens with one attached hydrogen (secondary N) is 2. The third-order valence-electron chi connectivity index (χ3n) is 4.52. The molecular formula is C16H19F2N3O4. The van der Waals surface area contributed by atoms with Crippen LogP contribution < -0.4 is 10.7 Å². The molecule has 1 aromatic rings. The lowest BCUT2D eigenvalue weighted by molar-refractivity contribution is -0.176. The highest BCUT2D eigenvalue weighted by atomic mass is 19.2. The van der Waals surface area contributed by atoms with E-state index in [1.807, 2.05) is 0 Å².